The summed E-state index contributed by atoms with van der Waals surface area (Å²) in [6.07, 6.45) is 6.57. The Morgan fingerprint density at radius 2 is 1.24 bits per heavy atom. The monoisotopic (exact) mass is 612 g/mol. The Hall–Kier alpha value is -4.00. The molecule has 0 saturated carbocycles. The van der Waals surface area contributed by atoms with E-state index in [1.807, 2.05) is 12.1 Å². The summed E-state index contributed by atoms with van der Waals surface area (Å²) >= 11 is 0. The largest absolute Gasteiger partial charge is 0.462 e. The molecule has 6 heteroatoms. The number of esters is 2. The summed E-state index contributed by atoms with van der Waals surface area (Å²) in [7, 11) is 0. The van der Waals surface area contributed by atoms with E-state index in [1.54, 1.807) is 13.8 Å². The van der Waals surface area contributed by atoms with Crippen LogP contribution in [0.4, 0.5) is 0 Å². The highest BCUT2D eigenvalue weighted by Crippen LogP contribution is 2.35. The average Bonchev–Trinajstić information content (AvgIpc) is 3.04. The van der Waals surface area contributed by atoms with Crippen molar-refractivity contribution in [3.05, 3.63) is 113 Å². The van der Waals surface area contributed by atoms with E-state index >= 15 is 0 Å². The first-order valence-corrected chi connectivity index (χ1v) is 15.9. The maximum atomic E-state index is 12.6. The van der Waals surface area contributed by atoms with Gasteiger partial charge in [0.25, 0.3) is 0 Å². The number of aliphatic hydroxyl groups is 2. The molecule has 0 saturated heterocycles. The molecule has 0 amide bonds. The van der Waals surface area contributed by atoms with Crippen LogP contribution in [0.5, 0.6) is 5.75 Å². The molecule has 3 aromatic carbocycles. The molecule has 0 fully saturated rings. The van der Waals surface area contributed by atoms with Gasteiger partial charge in [0.05, 0.1) is 6.61 Å². The lowest BCUT2D eigenvalue weighted by Crippen LogP contribution is -2.11. The first kappa shape index (κ1) is 35.5. The van der Waals surface area contributed by atoms with Crippen LogP contribution < -0.4 is 4.74 Å². The number of hydrogen-bond donors (Lipinski definition) is 2. The standard InChI is InChI=1S/C39H48O6/c1-6-34-23-31(9-7-10-33(25-40)26-41)18-20-35(34)36-21-19-32(24-37(36)45-39(43)28(4)5)17-16-30-14-12-29(13-15-30)11-8-22-44-38(42)27(2)3/h12-15,18-21,23-24,33,40-41H,2,4,6-11,16-17,22,25-26H2,1,3,5H3. The third kappa shape index (κ3) is 11.1. The Morgan fingerprint density at radius 1 is 0.711 bits per heavy atom. The van der Waals surface area contributed by atoms with Gasteiger partial charge in [-0.3, -0.25) is 0 Å². The van der Waals surface area contributed by atoms with Crippen LogP contribution in [0.3, 0.4) is 0 Å². The summed E-state index contributed by atoms with van der Waals surface area (Å²) in [5.41, 5.74) is 8.52. The highest BCUT2D eigenvalue weighted by molar-refractivity contribution is 5.90. The maximum Gasteiger partial charge on any atom is 0.338 e. The van der Waals surface area contributed by atoms with E-state index in [9.17, 15) is 19.8 Å². The Balaban J connectivity index is 1.71. The number of aliphatic hydroxyl groups excluding tert-OH is 2. The van der Waals surface area contributed by atoms with Gasteiger partial charge >= 0.3 is 11.9 Å². The molecule has 0 aliphatic rings. The van der Waals surface area contributed by atoms with Gasteiger partial charge in [-0.15, -0.1) is 0 Å². The molecule has 45 heavy (non-hydrogen) atoms. The number of carbonyl (C=O) groups is 2. The van der Waals surface area contributed by atoms with Crippen molar-refractivity contribution in [1.29, 1.82) is 0 Å². The van der Waals surface area contributed by atoms with Crippen LogP contribution in [-0.2, 0) is 46.4 Å². The zero-order valence-electron chi connectivity index (χ0n) is 27.1. The molecular weight excluding hydrogens is 564 g/mol. The molecule has 0 radical (unpaired) electrons. The molecule has 240 valence electrons. The van der Waals surface area contributed by atoms with Crippen molar-refractivity contribution in [2.24, 2.45) is 5.92 Å². The highest BCUT2D eigenvalue weighted by Gasteiger charge is 2.16. The predicted molar refractivity (Wildman–Crippen MR) is 180 cm³/mol. The molecule has 0 atom stereocenters. The van der Waals surface area contributed by atoms with Gasteiger partial charge in [0.1, 0.15) is 5.75 Å². The van der Waals surface area contributed by atoms with E-state index in [0.29, 0.717) is 23.5 Å². The van der Waals surface area contributed by atoms with Crippen molar-refractivity contribution < 1.29 is 29.3 Å². The van der Waals surface area contributed by atoms with Gasteiger partial charge in [-0.1, -0.05) is 74.7 Å². The fraction of sp³-hybridized carbons (Fsp3) is 0.385. The predicted octanol–water partition coefficient (Wildman–Crippen LogP) is 7.16. The van der Waals surface area contributed by atoms with Crippen LogP contribution in [0.15, 0.2) is 85.0 Å². The Bertz CT molecular complexity index is 1450. The zero-order chi connectivity index (χ0) is 32.8. The van der Waals surface area contributed by atoms with E-state index < -0.39 is 5.97 Å². The molecule has 2 N–H and O–H groups in total. The topological polar surface area (TPSA) is 93.1 Å². The SMILES string of the molecule is C=C(C)C(=O)OCCCc1ccc(CCc2ccc(-c3ccc(CCCC(CO)CO)cc3CC)c(OC(=O)C(=C)C)c2)cc1. The summed E-state index contributed by atoms with van der Waals surface area (Å²) in [5, 5.41) is 18.7. The fourth-order valence-corrected chi connectivity index (χ4v) is 5.13. The molecule has 3 rings (SSSR count). The normalized spacial score (nSPS) is 11.0. The molecule has 6 nitrogen and oxygen atoms in total. The second-order valence-corrected chi connectivity index (χ2v) is 11.8. The van der Waals surface area contributed by atoms with Gasteiger partial charge in [0.2, 0.25) is 0 Å². The average molecular weight is 613 g/mol. The third-order valence-corrected chi connectivity index (χ3v) is 7.95. The highest BCUT2D eigenvalue weighted by atomic mass is 16.5. The van der Waals surface area contributed by atoms with Gasteiger partial charge in [0.15, 0.2) is 0 Å². The summed E-state index contributed by atoms with van der Waals surface area (Å²) in [5.74, 6) is -0.344. The summed E-state index contributed by atoms with van der Waals surface area (Å²) < 4.78 is 11.0. The fourth-order valence-electron chi connectivity index (χ4n) is 5.13. The van der Waals surface area contributed by atoms with E-state index in [0.717, 1.165) is 68.1 Å². The Morgan fingerprint density at radius 3 is 1.84 bits per heavy atom. The summed E-state index contributed by atoms with van der Waals surface area (Å²) in [6.45, 7) is 13.2. The molecule has 0 aliphatic heterocycles. The van der Waals surface area contributed by atoms with Gasteiger partial charge in [-0.25, -0.2) is 9.59 Å². The van der Waals surface area contributed by atoms with Crippen LogP contribution in [0.1, 0.15) is 67.9 Å². The van der Waals surface area contributed by atoms with Crippen LogP contribution in [0.2, 0.25) is 0 Å². The minimum absolute atomic E-state index is 0.00137. The van der Waals surface area contributed by atoms with E-state index in [-0.39, 0.29) is 25.1 Å². The van der Waals surface area contributed by atoms with Gasteiger partial charge in [-0.05, 0) is 105 Å². The van der Waals surface area contributed by atoms with Crippen LogP contribution in [-0.4, -0.2) is 42.0 Å². The molecule has 0 unspecified atom stereocenters. The van der Waals surface area contributed by atoms with Gasteiger partial charge in [0, 0.05) is 35.8 Å². The number of aryl methyl sites for hydroxylation is 5. The lowest BCUT2D eigenvalue weighted by atomic mass is 9.92. The summed E-state index contributed by atoms with van der Waals surface area (Å²) in [4.78, 5) is 24.1. The van der Waals surface area contributed by atoms with Crippen LogP contribution >= 0.6 is 0 Å². The van der Waals surface area contributed by atoms with Crippen molar-refractivity contribution in [2.45, 2.75) is 72.1 Å². The number of rotatable bonds is 18. The second kappa shape index (κ2) is 18.1. The molecule has 0 aliphatic carbocycles. The molecule has 0 spiro atoms. The number of hydrogen-bond acceptors (Lipinski definition) is 6. The summed E-state index contributed by atoms with van der Waals surface area (Å²) in [6, 6.07) is 21.0. The van der Waals surface area contributed by atoms with Crippen LogP contribution in [0, 0.1) is 5.92 Å². The van der Waals surface area contributed by atoms with E-state index in [4.69, 9.17) is 9.47 Å². The van der Waals surface area contributed by atoms with Gasteiger partial charge < -0.3 is 19.7 Å². The van der Waals surface area contributed by atoms with E-state index in [2.05, 4.69) is 68.6 Å². The van der Waals surface area contributed by atoms with Crippen molar-refractivity contribution in [3.8, 4) is 16.9 Å². The first-order valence-electron chi connectivity index (χ1n) is 15.9. The van der Waals surface area contributed by atoms with Gasteiger partial charge in [-0.2, -0.15) is 0 Å². The smallest absolute Gasteiger partial charge is 0.338 e. The maximum absolute atomic E-state index is 12.6. The van der Waals surface area contributed by atoms with Crippen molar-refractivity contribution in [1.82, 2.24) is 0 Å². The van der Waals surface area contributed by atoms with Crippen molar-refractivity contribution >= 4 is 11.9 Å². The molecule has 0 heterocycles. The number of ether oxygens (including phenoxy) is 2. The lowest BCUT2D eigenvalue weighted by Gasteiger charge is -2.16. The third-order valence-electron chi connectivity index (χ3n) is 7.95. The lowest BCUT2D eigenvalue weighted by molar-refractivity contribution is -0.139. The second-order valence-electron chi connectivity index (χ2n) is 11.8. The molecular formula is C39H48O6. The minimum atomic E-state index is -0.449. The van der Waals surface area contributed by atoms with Crippen LogP contribution in [0.25, 0.3) is 11.1 Å². The van der Waals surface area contributed by atoms with Crippen molar-refractivity contribution in [3.63, 3.8) is 0 Å². The number of carbonyl (C=O) groups excluding carboxylic acids is 2. The Labute approximate surface area is 268 Å². The first-order chi connectivity index (χ1) is 21.6. The minimum Gasteiger partial charge on any atom is -0.462 e. The Kier molecular flexibility index (Phi) is 14.3. The molecule has 0 aromatic heterocycles. The quantitative estimate of drug-likeness (QED) is 0.0686. The zero-order valence-corrected chi connectivity index (χ0v) is 27.1. The molecule has 3 aromatic rings. The van der Waals surface area contributed by atoms with E-state index in [1.165, 1.54) is 22.3 Å². The number of benzene rings is 3. The van der Waals surface area contributed by atoms with Crippen molar-refractivity contribution in [2.75, 3.05) is 19.8 Å². The molecule has 0 bridgehead atoms.